The topological polar surface area (TPSA) is 85.1 Å². The smallest absolute Gasteiger partial charge is 0.288 e. The zero-order valence-electron chi connectivity index (χ0n) is 10.4. The SMILES string of the molecule is Cc1ncc(CNC(=O)c2cccc([N+](=O)[O-])c2Cl)s1. The molecule has 6 nitrogen and oxygen atoms in total. The van der Waals surface area contributed by atoms with Gasteiger partial charge < -0.3 is 5.32 Å². The van der Waals surface area contributed by atoms with E-state index in [4.69, 9.17) is 11.6 Å². The lowest BCUT2D eigenvalue weighted by Crippen LogP contribution is -2.22. The first-order chi connectivity index (χ1) is 9.49. The van der Waals surface area contributed by atoms with Crippen LogP contribution in [0.2, 0.25) is 5.02 Å². The number of rotatable bonds is 4. The largest absolute Gasteiger partial charge is 0.347 e. The number of aromatic nitrogens is 1. The van der Waals surface area contributed by atoms with Crippen molar-refractivity contribution in [1.29, 1.82) is 0 Å². The lowest BCUT2D eigenvalue weighted by atomic mass is 10.2. The molecule has 1 N–H and O–H groups in total. The fraction of sp³-hybridized carbons (Fsp3) is 0.167. The van der Waals surface area contributed by atoms with Crippen LogP contribution in [-0.4, -0.2) is 15.8 Å². The highest BCUT2D eigenvalue weighted by Crippen LogP contribution is 2.27. The van der Waals surface area contributed by atoms with Gasteiger partial charge in [0.05, 0.1) is 22.0 Å². The molecule has 0 saturated carbocycles. The molecule has 0 saturated heterocycles. The minimum atomic E-state index is -0.619. The summed E-state index contributed by atoms with van der Waals surface area (Å²) in [6.07, 6.45) is 1.68. The van der Waals surface area contributed by atoms with Crippen molar-refractivity contribution in [3.63, 3.8) is 0 Å². The molecule has 1 heterocycles. The standard InChI is InChI=1S/C12H10ClN3O3S/c1-7-14-5-8(20-7)6-15-12(17)9-3-2-4-10(11(9)13)16(18)19/h2-5H,6H2,1H3,(H,15,17). The maximum Gasteiger partial charge on any atom is 0.288 e. The highest BCUT2D eigenvalue weighted by atomic mass is 35.5. The Bertz CT molecular complexity index is 672. The van der Waals surface area contributed by atoms with E-state index in [1.807, 2.05) is 6.92 Å². The molecular weight excluding hydrogens is 302 g/mol. The number of amides is 1. The van der Waals surface area contributed by atoms with Crippen LogP contribution >= 0.6 is 22.9 Å². The maximum atomic E-state index is 12.0. The van der Waals surface area contributed by atoms with E-state index in [0.29, 0.717) is 6.54 Å². The van der Waals surface area contributed by atoms with Gasteiger partial charge in [0, 0.05) is 17.1 Å². The van der Waals surface area contributed by atoms with Crippen molar-refractivity contribution in [1.82, 2.24) is 10.3 Å². The average Bonchev–Trinajstić information content (AvgIpc) is 2.81. The van der Waals surface area contributed by atoms with Crippen LogP contribution in [0.25, 0.3) is 0 Å². The summed E-state index contributed by atoms with van der Waals surface area (Å²) >= 11 is 7.34. The van der Waals surface area contributed by atoms with Crippen molar-refractivity contribution in [2.75, 3.05) is 0 Å². The Hall–Kier alpha value is -1.99. The second-order valence-electron chi connectivity index (χ2n) is 3.92. The summed E-state index contributed by atoms with van der Waals surface area (Å²) in [6, 6.07) is 4.13. The average molecular weight is 312 g/mol. The zero-order chi connectivity index (χ0) is 14.7. The molecule has 0 fully saturated rings. The van der Waals surface area contributed by atoms with Crippen LogP contribution in [-0.2, 0) is 6.54 Å². The van der Waals surface area contributed by atoms with Crippen LogP contribution < -0.4 is 5.32 Å². The molecule has 0 unspecified atom stereocenters. The number of aryl methyl sites for hydroxylation is 1. The summed E-state index contributed by atoms with van der Waals surface area (Å²) < 4.78 is 0. The number of benzene rings is 1. The zero-order valence-corrected chi connectivity index (χ0v) is 12.0. The van der Waals surface area contributed by atoms with E-state index in [0.717, 1.165) is 9.88 Å². The summed E-state index contributed by atoms with van der Waals surface area (Å²) in [5, 5.41) is 14.2. The fourth-order valence-electron chi connectivity index (χ4n) is 1.59. The van der Waals surface area contributed by atoms with Crippen molar-refractivity contribution in [3.05, 3.63) is 55.0 Å². The van der Waals surface area contributed by atoms with E-state index in [1.165, 1.54) is 29.5 Å². The number of carbonyl (C=O) groups is 1. The lowest BCUT2D eigenvalue weighted by Gasteiger charge is -2.05. The second kappa shape index (κ2) is 5.98. The van der Waals surface area contributed by atoms with E-state index in [2.05, 4.69) is 10.3 Å². The first-order valence-electron chi connectivity index (χ1n) is 5.61. The van der Waals surface area contributed by atoms with E-state index in [-0.39, 0.29) is 16.3 Å². The quantitative estimate of drug-likeness (QED) is 0.695. The number of nitrogens with one attached hydrogen (secondary N) is 1. The van der Waals surface area contributed by atoms with E-state index < -0.39 is 10.8 Å². The van der Waals surface area contributed by atoms with Gasteiger partial charge in [0.25, 0.3) is 11.6 Å². The van der Waals surface area contributed by atoms with Crippen molar-refractivity contribution >= 4 is 34.5 Å². The van der Waals surface area contributed by atoms with Crippen LogP contribution in [0, 0.1) is 17.0 Å². The van der Waals surface area contributed by atoms with E-state index in [9.17, 15) is 14.9 Å². The third-order valence-corrected chi connectivity index (χ3v) is 3.82. The first kappa shape index (κ1) is 14.4. The lowest BCUT2D eigenvalue weighted by molar-refractivity contribution is -0.384. The number of carbonyl (C=O) groups excluding carboxylic acids is 1. The Labute approximate surface area is 123 Å². The van der Waals surface area contributed by atoms with Gasteiger partial charge in [-0.05, 0) is 13.0 Å². The first-order valence-corrected chi connectivity index (χ1v) is 6.81. The Balaban J connectivity index is 2.13. The van der Waals surface area contributed by atoms with Gasteiger partial charge in [-0.1, -0.05) is 17.7 Å². The Morgan fingerprint density at radius 3 is 2.90 bits per heavy atom. The minimum Gasteiger partial charge on any atom is -0.347 e. The summed E-state index contributed by atoms with van der Waals surface area (Å²) in [5.41, 5.74) is -0.199. The van der Waals surface area contributed by atoms with Crippen LogP contribution in [0.15, 0.2) is 24.4 Å². The molecule has 104 valence electrons. The number of nitrogens with zero attached hydrogens (tertiary/aromatic N) is 2. The predicted molar refractivity (Wildman–Crippen MR) is 76.1 cm³/mol. The highest BCUT2D eigenvalue weighted by molar-refractivity contribution is 7.11. The third kappa shape index (κ3) is 3.12. The normalized spacial score (nSPS) is 10.3. The molecular formula is C12H10ClN3O3S. The molecule has 2 rings (SSSR count). The van der Waals surface area contributed by atoms with Crippen molar-refractivity contribution in [2.24, 2.45) is 0 Å². The number of hydrogen-bond acceptors (Lipinski definition) is 5. The van der Waals surface area contributed by atoms with Crippen molar-refractivity contribution in [3.8, 4) is 0 Å². The molecule has 0 aliphatic heterocycles. The van der Waals surface area contributed by atoms with Gasteiger partial charge in [0.2, 0.25) is 0 Å². The molecule has 2 aromatic rings. The molecule has 20 heavy (non-hydrogen) atoms. The van der Waals surface area contributed by atoms with Gasteiger partial charge in [0.1, 0.15) is 5.02 Å². The highest BCUT2D eigenvalue weighted by Gasteiger charge is 2.19. The van der Waals surface area contributed by atoms with Crippen molar-refractivity contribution in [2.45, 2.75) is 13.5 Å². The van der Waals surface area contributed by atoms with Gasteiger partial charge >= 0.3 is 0 Å². The molecule has 0 radical (unpaired) electrons. The van der Waals surface area contributed by atoms with Gasteiger partial charge in [-0.3, -0.25) is 14.9 Å². The summed E-state index contributed by atoms with van der Waals surface area (Å²) in [4.78, 5) is 27.1. The van der Waals surface area contributed by atoms with Crippen LogP contribution in [0.5, 0.6) is 0 Å². The molecule has 0 aliphatic carbocycles. The van der Waals surface area contributed by atoms with Gasteiger partial charge in [-0.2, -0.15) is 0 Å². The monoisotopic (exact) mass is 311 g/mol. The number of thiazole rings is 1. The number of halogens is 1. The molecule has 8 heteroatoms. The van der Waals surface area contributed by atoms with Crippen LogP contribution in [0.3, 0.4) is 0 Å². The van der Waals surface area contributed by atoms with E-state index >= 15 is 0 Å². The number of hydrogen-bond donors (Lipinski definition) is 1. The number of nitro groups is 1. The Kier molecular flexibility index (Phi) is 4.31. The fourth-order valence-corrected chi connectivity index (χ4v) is 2.60. The predicted octanol–water partition coefficient (Wildman–Crippen LogP) is 2.94. The molecule has 1 aromatic heterocycles. The van der Waals surface area contributed by atoms with E-state index in [1.54, 1.807) is 6.20 Å². The summed E-state index contributed by atoms with van der Waals surface area (Å²) in [6.45, 7) is 2.18. The van der Waals surface area contributed by atoms with Gasteiger partial charge in [0.15, 0.2) is 0 Å². The second-order valence-corrected chi connectivity index (χ2v) is 5.62. The Morgan fingerprint density at radius 2 is 2.30 bits per heavy atom. The minimum absolute atomic E-state index is 0.0853. The molecule has 0 aliphatic rings. The Morgan fingerprint density at radius 1 is 1.55 bits per heavy atom. The number of nitro benzene ring substituents is 1. The van der Waals surface area contributed by atoms with Gasteiger partial charge in [-0.15, -0.1) is 11.3 Å². The maximum absolute atomic E-state index is 12.0. The molecule has 0 atom stereocenters. The third-order valence-electron chi connectivity index (χ3n) is 2.51. The molecule has 0 spiro atoms. The van der Waals surface area contributed by atoms with Crippen LogP contribution in [0.1, 0.15) is 20.2 Å². The summed E-state index contributed by atoms with van der Waals surface area (Å²) in [5.74, 6) is -0.454. The molecule has 1 aromatic carbocycles. The summed E-state index contributed by atoms with van der Waals surface area (Å²) in [7, 11) is 0. The molecule has 1 amide bonds. The van der Waals surface area contributed by atoms with Crippen molar-refractivity contribution < 1.29 is 9.72 Å². The van der Waals surface area contributed by atoms with Gasteiger partial charge in [-0.25, -0.2) is 4.98 Å². The molecule has 0 bridgehead atoms. The van der Waals surface area contributed by atoms with Crippen LogP contribution in [0.4, 0.5) is 5.69 Å².